The highest BCUT2D eigenvalue weighted by Crippen LogP contribution is 2.25. The molecule has 0 atom stereocenters. The molecule has 0 saturated carbocycles. The van der Waals surface area contributed by atoms with E-state index < -0.39 is 6.09 Å². The average Bonchev–Trinajstić information content (AvgIpc) is 3.12. The van der Waals surface area contributed by atoms with Gasteiger partial charge in [-0.05, 0) is 23.8 Å². The lowest BCUT2D eigenvalue weighted by molar-refractivity contribution is -0.0724. The lowest BCUT2D eigenvalue weighted by Crippen LogP contribution is -2.30. The molecule has 0 spiro atoms. The van der Waals surface area contributed by atoms with Gasteiger partial charge in [0, 0.05) is 12.1 Å². The van der Waals surface area contributed by atoms with Crippen LogP contribution in [-0.2, 0) is 17.9 Å². The van der Waals surface area contributed by atoms with Crippen LogP contribution in [0.25, 0.3) is 0 Å². The number of nitrogens with zero attached hydrogens (tertiary/aromatic N) is 3. The molecule has 142 valence electrons. The van der Waals surface area contributed by atoms with Gasteiger partial charge in [0.1, 0.15) is 5.82 Å². The number of halogens is 1. The predicted molar refractivity (Wildman–Crippen MR) is 107 cm³/mol. The van der Waals surface area contributed by atoms with Crippen molar-refractivity contribution >= 4 is 12.3 Å². The summed E-state index contributed by atoms with van der Waals surface area (Å²) in [5.74, 6) is -0.314. The molecule has 3 rings (SSSR count). The van der Waals surface area contributed by atoms with Crippen LogP contribution in [0.2, 0.25) is 0 Å². The summed E-state index contributed by atoms with van der Waals surface area (Å²) in [4.78, 5) is 19.2. The Balaban J connectivity index is 1.68. The number of carbonyl (C=O) groups is 1. The highest BCUT2D eigenvalue weighted by atomic mass is 19.1. The molecular formula is C22H20FN3O2. The second kappa shape index (κ2) is 9.87. The molecule has 1 aromatic rings. The van der Waals surface area contributed by atoms with Crippen molar-refractivity contribution in [2.75, 3.05) is 0 Å². The van der Waals surface area contributed by atoms with Crippen molar-refractivity contribution in [1.82, 2.24) is 10.1 Å². The summed E-state index contributed by atoms with van der Waals surface area (Å²) in [5.41, 5.74) is 1.31. The topological polar surface area (TPSA) is 45.1 Å². The number of hydrogen-bond donors (Lipinski definition) is 0. The minimum Gasteiger partial charge on any atom is -0.299 e. The van der Waals surface area contributed by atoms with Gasteiger partial charge in [-0.25, -0.2) is 9.18 Å². The number of benzene rings is 1. The van der Waals surface area contributed by atoms with E-state index in [9.17, 15) is 9.18 Å². The first-order valence-electron chi connectivity index (χ1n) is 8.80. The molecule has 0 N–H and O–H groups in total. The Hall–Kier alpha value is -3.67. The highest BCUT2D eigenvalue weighted by molar-refractivity contribution is 5.72. The van der Waals surface area contributed by atoms with E-state index in [4.69, 9.17) is 4.84 Å². The summed E-state index contributed by atoms with van der Waals surface area (Å²) in [6, 6.07) is 4.83. The third-order valence-corrected chi connectivity index (χ3v) is 3.95. The normalized spacial score (nSPS) is 23.0. The number of fused-ring (bicyclic) bond motifs is 1. The fourth-order valence-electron chi connectivity index (χ4n) is 2.59. The second-order valence-electron chi connectivity index (χ2n) is 5.92. The molecular weight excluding hydrogens is 357 g/mol. The van der Waals surface area contributed by atoms with Gasteiger partial charge in [-0.15, -0.1) is 5.10 Å². The number of amides is 1. The number of rotatable bonds is 1. The molecule has 0 fully saturated rings. The number of hydroxylamine groups is 1. The molecule has 0 unspecified atom stereocenters. The zero-order valence-corrected chi connectivity index (χ0v) is 15.2. The van der Waals surface area contributed by atoms with Gasteiger partial charge in [0.2, 0.25) is 0 Å². The summed E-state index contributed by atoms with van der Waals surface area (Å²) >= 11 is 0. The lowest BCUT2D eigenvalue weighted by atomic mass is 10.1. The molecule has 1 amide bonds. The van der Waals surface area contributed by atoms with E-state index in [0.29, 0.717) is 12.1 Å². The molecule has 6 heteroatoms. The van der Waals surface area contributed by atoms with E-state index in [1.165, 1.54) is 23.4 Å². The van der Waals surface area contributed by atoms with E-state index >= 15 is 0 Å². The predicted octanol–water partition coefficient (Wildman–Crippen LogP) is 4.79. The van der Waals surface area contributed by atoms with Crippen molar-refractivity contribution in [3.05, 3.63) is 108 Å². The monoisotopic (exact) mass is 377 g/mol. The molecule has 0 radical (unpaired) electrons. The largest absolute Gasteiger partial charge is 0.436 e. The Morgan fingerprint density at radius 2 is 1.54 bits per heavy atom. The van der Waals surface area contributed by atoms with Crippen molar-refractivity contribution in [1.29, 1.82) is 0 Å². The van der Waals surface area contributed by atoms with E-state index in [-0.39, 0.29) is 12.4 Å². The Morgan fingerprint density at radius 3 is 2.21 bits per heavy atom. The zero-order valence-electron chi connectivity index (χ0n) is 15.2. The number of hydrogen-bond acceptors (Lipinski definition) is 4. The van der Waals surface area contributed by atoms with Crippen LogP contribution in [0.5, 0.6) is 0 Å². The Kier molecular flexibility index (Phi) is 6.73. The first kappa shape index (κ1) is 19.1. The molecule has 1 aromatic carbocycles. The minimum atomic E-state index is -0.604. The van der Waals surface area contributed by atoms with Crippen LogP contribution in [0.1, 0.15) is 11.1 Å². The quantitative estimate of drug-likeness (QED) is 0.707. The van der Waals surface area contributed by atoms with Crippen molar-refractivity contribution in [2.45, 2.75) is 13.1 Å². The van der Waals surface area contributed by atoms with Crippen LogP contribution < -0.4 is 0 Å². The van der Waals surface area contributed by atoms with E-state index in [2.05, 4.69) is 5.10 Å². The van der Waals surface area contributed by atoms with Crippen LogP contribution >= 0.6 is 0 Å². The number of allylic oxidation sites excluding steroid dienone is 11. The molecule has 2 heterocycles. The number of hydrazone groups is 1. The van der Waals surface area contributed by atoms with Crippen LogP contribution in [-0.4, -0.2) is 22.4 Å². The second-order valence-corrected chi connectivity index (χ2v) is 5.92. The number of carbonyl (C=O) groups excluding carboxylic acids is 1. The molecule has 2 aliphatic rings. The molecule has 0 saturated heterocycles. The first-order valence-corrected chi connectivity index (χ1v) is 8.80. The van der Waals surface area contributed by atoms with E-state index in [0.717, 1.165) is 10.7 Å². The zero-order chi connectivity index (χ0) is 19.6. The molecule has 5 nitrogen and oxygen atoms in total. The van der Waals surface area contributed by atoms with E-state index in [1.807, 2.05) is 42.5 Å². The first-order chi connectivity index (χ1) is 13.7. The maximum atomic E-state index is 13.9. The summed E-state index contributed by atoms with van der Waals surface area (Å²) in [6.45, 7) is 0.472. The van der Waals surface area contributed by atoms with Crippen molar-refractivity contribution in [2.24, 2.45) is 5.10 Å². The molecule has 0 aromatic heterocycles. The van der Waals surface area contributed by atoms with Crippen LogP contribution in [0.4, 0.5) is 9.18 Å². The van der Waals surface area contributed by atoms with Crippen molar-refractivity contribution < 1.29 is 14.0 Å². The fourth-order valence-corrected chi connectivity index (χ4v) is 2.59. The summed E-state index contributed by atoms with van der Waals surface area (Å²) in [7, 11) is 0. The van der Waals surface area contributed by atoms with Crippen molar-refractivity contribution in [3.8, 4) is 0 Å². The van der Waals surface area contributed by atoms with Gasteiger partial charge in [0.25, 0.3) is 0 Å². The Labute approximate surface area is 163 Å². The summed E-state index contributed by atoms with van der Waals surface area (Å²) < 4.78 is 13.9. The maximum absolute atomic E-state index is 13.9. The van der Waals surface area contributed by atoms with Crippen molar-refractivity contribution in [3.63, 3.8) is 0 Å². The summed E-state index contributed by atoms with van der Waals surface area (Å²) in [6.07, 6.45) is 22.6. The summed E-state index contributed by atoms with van der Waals surface area (Å²) in [5, 5.41) is 5.17. The van der Waals surface area contributed by atoms with Gasteiger partial charge in [-0.1, -0.05) is 72.0 Å². The van der Waals surface area contributed by atoms with Gasteiger partial charge in [0.15, 0.2) is 0 Å². The highest BCUT2D eigenvalue weighted by Gasteiger charge is 2.27. The molecule has 0 aliphatic carbocycles. The van der Waals surface area contributed by atoms with Gasteiger partial charge in [0.05, 0.1) is 19.0 Å². The fraction of sp³-hybridized carbons (Fsp3) is 0.0909. The third-order valence-electron chi connectivity index (χ3n) is 3.95. The molecule has 0 bridgehead atoms. The average molecular weight is 377 g/mol. The van der Waals surface area contributed by atoms with Crippen LogP contribution in [0.3, 0.4) is 0 Å². The van der Waals surface area contributed by atoms with Crippen LogP contribution in [0.15, 0.2) is 96.3 Å². The van der Waals surface area contributed by atoms with Gasteiger partial charge in [-0.2, -0.15) is 0 Å². The SMILES string of the molecule is O=C(ON1/C=C/C=C/C=C\C=C\C=C\C=C/C=N1)N1Cc2cccc(F)c2C1. The van der Waals surface area contributed by atoms with Gasteiger partial charge >= 0.3 is 6.09 Å². The standard InChI is InChI=1S/C22H20FN3O2/c23-21-14-12-13-19-17-25(18-20(19)21)22(27)28-26-16-11-9-7-5-3-1-2-4-6-8-10-15-24-26/h1-16H,17-18H2/b2-1+,5-3-,6-4+,9-7+,10-8-,16-11+,24-15?. The maximum Gasteiger partial charge on any atom is 0.436 e. The third kappa shape index (κ3) is 5.41. The molecule has 28 heavy (non-hydrogen) atoms. The Morgan fingerprint density at radius 1 is 0.893 bits per heavy atom. The lowest BCUT2D eigenvalue weighted by Gasteiger charge is -2.18. The minimum absolute atomic E-state index is 0.171. The van der Waals surface area contributed by atoms with Crippen LogP contribution in [0, 0.1) is 5.82 Å². The van der Waals surface area contributed by atoms with Gasteiger partial charge < -0.3 is 0 Å². The van der Waals surface area contributed by atoms with Gasteiger partial charge in [-0.3, -0.25) is 9.74 Å². The Bertz CT molecular complexity index is 874. The molecule has 2 aliphatic heterocycles. The smallest absolute Gasteiger partial charge is 0.299 e. The van der Waals surface area contributed by atoms with E-state index in [1.54, 1.807) is 36.4 Å².